The molecule has 0 saturated carbocycles. The van der Waals surface area contributed by atoms with Crippen molar-refractivity contribution in [1.29, 1.82) is 0 Å². The maximum absolute atomic E-state index is 13.8. The molecule has 1 atom stereocenters. The predicted octanol–water partition coefficient (Wildman–Crippen LogP) is 6.08. The second-order valence-corrected chi connectivity index (χ2v) is 9.02. The van der Waals surface area contributed by atoms with Crippen molar-refractivity contribution in [1.82, 2.24) is 4.90 Å². The molecule has 0 fully saturated rings. The van der Waals surface area contributed by atoms with Crippen molar-refractivity contribution < 1.29 is 18.3 Å². The predicted molar refractivity (Wildman–Crippen MR) is 132 cm³/mol. The molecule has 0 N–H and O–H groups in total. The van der Waals surface area contributed by atoms with Crippen LogP contribution in [0.25, 0.3) is 11.0 Å². The van der Waals surface area contributed by atoms with Crippen molar-refractivity contribution >= 4 is 16.9 Å². The molecule has 5 nitrogen and oxygen atoms in total. The molecule has 35 heavy (non-hydrogen) atoms. The second kappa shape index (κ2) is 9.02. The van der Waals surface area contributed by atoms with Gasteiger partial charge in [0.15, 0.2) is 5.43 Å². The zero-order chi connectivity index (χ0) is 24.7. The van der Waals surface area contributed by atoms with E-state index in [4.69, 9.17) is 9.15 Å². The Bertz CT molecular complexity index is 1490. The lowest BCUT2D eigenvalue weighted by molar-refractivity contribution is 0.0714. The average molecular weight is 472 g/mol. The van der Waals surface area contributed by atoms with Gasteiger partial charge in [-0.15, -0.1) is 0 Å². The summed E-state index contributed by atoms with van der Waals surface area (Å²) < 4.78 is 25.5. The number of ether oxygens (including phenoxy) is 1. The standard InChI is InChI=1S/C29H26FNO4/c1-4-12-34-22-7-5-6-20(15-22)25-24-26(32)23-14-17(2)13-18(3)27(23)35-28(24)29(33)31(25)16-19-8-10-21(30)11-9-19/h5-11,13-15,25H,4,12,16H2,1-3H3. The fraction of sp³-hybridized carbons (Fsp3) is 0.241. The molecule has 0 bridgehead atoms. The van der Waals surface area contributed by atoms with Crippen molar-refractivity contribution in [2.45, 2.75) is 39.8 Å². The van der Waals surface area contributed by atoms with Gasteiger partial charge >= 0.3 is 0 Å². The van der Waals surface area contributed by atoms with E-state index in [0.29, 0.717) is 28.9 Å². The summed E-state index contributed by atoms with van der Waals surface area (Å²) in [6, 6.07) is 16.5. The number of hydrogen-bond donors (Lipinski definition) is 0. The van der Waals surface area contributed by atoms with E-state index >= 15 is 0 Å². The SMILES string of the molecule is CCCOc1cccc(C2c3c(oc4c(C)cc(C)cc4c3=O)C(=O)N2Cc2ccc(F)cc2)c1. The summed E-state index contributed by atoms with van der Waals surface area (Å²) in [5.74, 6) is 0.00881. The zero-order valence-electron chi connectivity index (χ0n) is 19.9. The van der Waals surface area contributed by atoms with Crippen molar-refractivity contribution in [2.75, 3.05) is 6.61 Å². The highest BCUT2D eigenvalue weighted by Gasteiger charge is 2.43. The number of rotatable bonds is 6. The molecular weight excluding hydrogens is 445 g/mol. The van der Waals surface area contributed by atoms with Crippen molar-refractivity contribution in [3.63, 3.8) is 0 Å². The molecule has 3 aromatic carbocycles. The van der Waals surface area contributed by atoms with Crippen molar-refractivity contribution in [3.05, 3.63) is 110 Å². The summed E-state index contributed by atoms with van der Waals surface area (Å²) in [7, 11) is 0. The van der Waals surface area contributed by atoms with Crippen LogP contribution in [0, 0.1) is 19.7 Å². The highest BCUT2D eigenvalue weighted by molar-refractivity contribution is 5.99. The second-order valence-electron chi connectivity index (χ2n) is 9.02. The van der Waals surface area contributed by atoms with Crippen LogP contribution < -0.4 is 10.2 Å². The number of amides is 1. The minimum absolute atomic E-state index is 0.0569. The summed E-state index contributed by atoms with van der Waals surface area (Å²) in [4.78, 5) is 29.1. The lowest BCUT2D eigenvalue weighted by Crippen LogP contribution is -2.29. The molecule has 1 unspecified atom stereocenters. The lowest BCUT2D eigenvalue weighted by Gasteiger charge is -2.25. The third kappa shape index (κ3) is 4.09. The number of fused-ring (bicyclic) bond motifs is 2. The summed E-state index contributed by atoms with van der Waals surface area (Å²) in [5.41, 5.74) is 3.78. The van der Waals surface area contributed by atoms with Crippen molar-refractivity contribution in [3.8, 4) is 5.75 Å². The van der Waals surface area contributed by atoms with Gasteiger partial charge in [-0.25, -0.2) is 4.39 Å². The van der Waals surface area contributed by atoms with E-state index in [9.17, 15) is 14.0 Å². The molecule has 1 aliphatic rings. The smallest absolute Gasteiger partial charge is 0.291 e. The van der Waals surface area contributed by atoms with Gasteiger partial charge in [0.1, 0.15) is 17.1 Å². The maximum Gasteiger partial charge on any atom is 0.291 e. The van der Waals surface area contributed by atoms with Crippen LogP contribution in [0.5, 0.6) is 5.75 Å². The van der Waals surface area contributed by atoms with Gasteiger partial charge in [-0.05, 0) is 72.9 Å². The quantitative estimate of drug-likeness (QED) is 0.342. The molecule has 0 aliphatic carbocycles. The molecule has 0 radical (unpaired) electrons. The Labute approximate surface area is 202 Å². The normalized spacial score (nSPS) is 15.0. The van der Waals surface area contributed by atoms with E-state index in [1.165, 1.54) is 12.1 Å². The van der Waals surface area contributed by atoms with E-state index in [-0.39, 0.29) is 29.5 Å². The highest BCUT2D eigenvalue weighted by Crippen LogP contribution is 2.40. The van der Waals surface area contributed by atoms with E-state index in [1.807, 2.05) is 51.1 Å². The first-order valence-electron chi connectivity index (χ1n) is 11.7. The van der Waals surface area contributed by atoms with E-state index in [0.717, 1.165) is 28.7 Å². The van der Waals surface area contributed by atoms with E-state index < -0.39 is 6.04 Å². The third-order valence-electron chi connectivity index (χ3n) is 6.31. The van der Waals surface area contributed by atoms with Crippen LogP contribution in [-0.4, -0.2) is 17.4 Å². The van der Waals surface area contributed by atoms with E-state index in [1.54, 1.807) is 23.1 Å². The number of carbonyl (C=O) groups is 1. The fourth-order valence-electron chi connectivity index (χ4n) is 4.77. The average Bonchev–Trinajstić information content (AvgIpc) is 3.12. The van der Waals surface area contributed by atoms with Crippen molar-refractivity contribution in [2.24, 2.45) is 0 Å². The summed E-state index contributed by atoms with van der Waals surface area (Å²) in [6.45, 7) is 6.58. The van der Waals surface area contributed by atoms with Gasteiger partial charge in [0.25, 0.3) is 5.91 Å². The summed E-state index contributed by atoms with van der Waals surface area (Å²) >= 11 is 0. The van der Waals surface area contributed by atoms with Gasteiger partial charge < -0.3 is 14.1 Å². The minimum atomic E-state index is -0.658. The number of nitrogens with zero attached hydrogens (tertiary/aromatic N) is 1. The van der Waals surface area contributed by atoms with Crippen LogP contribution in [0.3, 0.4) is 0 Å². The molecule has 5 rings (SSSR count). The molecule has 1 amide bonds. The highest BCUT2D eigenvalue weighted by atomic mass is 19.1. The van der Waals surface area contributed by atoms with Crippen LogP contribution in [0.2, 0.25) is 0 Å². The molecule has 1 aromatic heterocycles. The van der Waals surface area contributed by atoms with Crippen LogP contribution in [0.1, 0.15) is 57.8 Å². The Kier molecular flexibility index (Phi) is 5.89. The van der Waals surface area contributed by atoms with Crippen LogP contribution in [-0.2, 0) is 6.54 Å². The molecular formula is C29H26FNO4. The van der Waals surface area contributed by atoms with Crippen LogP contribution in [0.4, 0.5) is 4.39 Å². The lowest BCUT2D eigenvalue weighted by atomic mass is 9.97. The molecule has 0 saturated heterocycles. The Hall–Kier alpha value is -3.93. The molecule has 1 aliphatic heterocycles. The number of carbonyl (C=O) groups excluding carboxylic acids is 1. The summed E-state index contributed by atoms with van der Waals surface area (Å²) in [5, 5.41) is 0.459. The first kappa shape index (κ1) is 22.8. The molecule has 0 spiro atoms. The summed E-state index contributed by atoms with van der Waals surface area (Å²) in [6.07, 6.45) is 0.861. The van der Waals surface area contributed by atoms with Crippen LogP contribution >= 0.6 is 0 Å². The molecule has 6 heteroatoms. The van der Waals surface area contributed by atoms with Gasteiger partial charge in [0.05, 0.1) is 23.6 Å². The topological polar surface area (TPSA) is 59.8 Å². The first-order valence-corrected chi connectivity index (χ1v) is 11.7. The number of hydrogen-bond acceptors (Lipinski definition) is 4. The van der Waals surface area contributed by atoms with E-state index in [2.05, 4.69) is 0 Å². The molecule has 4 aromatic rings. The molecule has 2 heterocycles. The Morgan fingerprint density at radius 3 is 2.54 bits per heavy atom. The maximum atomic E-state index is 13.8. The third-order valence-corrected chi connectivity index (χ3v) is 6.31. The van der Waals surface area contributed by atoms with Crippen LogP contribution in [0.15, 0.2) is 69.9 Å². The Balaban J connectivity index is 1.70. The Morgan fingerprint density at radius 2 is 1.80 bits per heavy atom. The number of benzene rings is 3. The van der Waals surface area contributed by atoms with Gasteiger partial charge in [0.2, 0.25) is 5.76 Å². The minimum Gasteiger partial charge on any atom is -0.494 e. The molecule has 178 valence electrons. The Morgan fingerprint density at radius 1 is 1.03 bits per heavy atom. The van der Waals surface area contributed by atoms with Gasteiger partial charge in [0, 0.05) is 6.54 Å². The zero-order valence-corrected chi connectivity index (χ0v) is 19.9. The van der Waals surface area contributed by atoms with Gasteiger partial charge in [-0.1, -0.05) is 37.3 Å². The largest absolute Gasteiger partial charge is 0.494 e. The fourth-order valence-corrected chi connectivity index (χ4v) is 4.77. The monoisotopic (exact) mass is 471 g/mol. The number of halogens is 1. The van der Waals surface area contributed by atoms with Gasteiger partial charge in [-0.3, -0.25) is 9.59 Å². The number of aryl methyl sites for hydroxylation is 2. The van der Waals surface area contributed by atoms with Gasteiger partial charge in [-0.2, -0.15) is 0 Å². The first-order chi connectivity index (χ1) is 16.9.